The zero-order valence-corrected chi connectivity index (χ0v) is 16.6. The number of ether oxygens (including phenoxy) is 1. The van der Waals surface area contributed by atoms with E-state index in [1.54, 1.807) is 49.4 Å². The highest BCUT2D eigenvalue weighted by molar-refractivity contribution is 6.30. The van der Waals surface area contributed by atoms with Crippen LogP contribution in [-0.4, -0.2) is 32.9 Å². The van der Waals surface area contributed by atoms with Crippen LogP contribution < -0.4 is 10.9 Å². The van der Waals surface area contributed by atoms with Gasteiger partial charge in [-0.05, 0) is 54.1 Å². The van der Waals surface area contributed by atoms with Crippen molar-refractivity contribution in [3.8, 4) is 11.4 Å². The molecule has 152 valence electrons. The average molecular weight is 426 g/mol. The summed E-state index contributed by atoms with van der Waals surface area (Å²) in [7, 11) is 0. The molecule has 0 bridgehead atoms. The number of carbonyl (C=O) groups excluding carboxylic acids is 1. The molecule has 30 heavy (non-hydrogen) atoms. The molecule has 4 rings (SSSR count). The standard InChI is InChI=1S/C20H16ClN5O4/c1-2-29-20(28)22-15-7-8-16-13(9-18(27)30-17(16)10-15)11-26-24-19(23-25-26)12-3-5-14(21)6-4-12/h3-10H,2,11H2,1H3,(H,22,28). The molecule has 0 atom stereocenters. The first kappa shape index (κ1) is 19.6. The van der Waals surface area contributed by atoms with Gasteiger partial charge in [0.2, 0.25) is 5.82 Å². The number of fused-ring (bicyclic) bond motifs is 1. The molecule has 10 heteroatoms. The lowest BCUT2D eigenvalue weighted by molar-refractivity contribution is 0.168. The van der Waals surface area contributed by atoms with Gasteiger partial charge in [-0.2, -0.15) is 4.80 Å². The van der Waals surface area contributed by atoms with Crippen LogP contribution in [0.2, 0.25) is 5.02 Å². The van der Waals surface area contributed by atoms with Crippen molar-refractivity contribution in [2.24, 2.45) is 0 Å². The van der Waals surface area contributed by atoms with E-state index in [9.17, 15) is 9.59 Å². The highest BCUT2D eigenvalue weighted by Crippen LogP contribution is 2.22. The minimum atomic E-state index is -0.586. The van der Waals surface area contributed by atoms with E-state index in [-0.39, 0.29) is 13.2 Å². The number of rotatable bonds is 5. The fourth-order valence-corrected chi connectivity index (χ4v) is 3.03. The van der Waals surface area contributed by atoms with Gasteiger partial charge in [0, 0.05) is 33.8 Å². The molecule has 2 aromatic heterocycles. The summed E-state index contributed by atoms with van der Waals surface area (Å²) in [5, 5.41) is 16.4. The van der Waals surface area contributed by atoms with E-state index in [1.165, 1.54) is 10.9 Å². The Morgan fingerprint density at radius 2 is 2.00 bits per heavy atom. The van der Waals surface area contributed by atoms with Crippen molar-refractivity contribution >= 4 is 34.4 Å². The van der Waals surface area contributed by atoms with Crippen molar-refractivity contribution in [2.75, 3.05) is 11.9 Å². The summed E-state index contributed by atoms with van der Waals surface area (Å²) in [6, 6.07) is 13.5. The van der Waals surface area contributed by atoms with Crippen molar-refractivity contribution in [1.29, 1.82) is 0 Å². The number of hydrogen-bond donors (Lipinski definition) is 1. The largest absolute Gasteiger partial charge is 0.450 e. The summed E-state index contributed by atoms with van der Waals surface area (Å²) in [6.07, 6.45) is -0.586. The highest BCUT2D eigenvalue weighted by Gasteiger charge is 2.12. The van der Waals surface area contributed by atoms with Crippen LogP contribution in [0.4, 0.5) is 10.5 Å². The Morgan fingerprint density at radius 3 is 2.77 bits per heavy atom. The molecular weight excluding hydrogens is 410 g/mol. The molecule has 0 saturated heterocycles. The van der Waals surface area contributed by atoms with Crippen LogP contribution in [0.25, 0.3) is 22.4 Å². The topological polar surface area (TPSA) is 112 Å². The SMILES string of the molecule is CCOC(=O)Nc1ccc2c(Cn3nnc(-c4ccc(Cl)cc4)n3)cc(=O)oc2c1. The molecule has 0 aliphatic heterocycles. The van der Waals surface area contributed by atoms with Gasteiger partial charge in [-0.1, -0.05) is 11.6 Å². The van der Waals surface area contributed by atoms with Crippen molar-refractivity contribution in [3.05, 3.63) is 69.5 Å². The van der Waals surface area contributed by atoms with Gasteiger partial charge >= 0.3 is 11.7 Å². The number of anilines is 1. The smallest absolute Gasteiger partial charge is 0.411 e. The first-order chi connectivity index (χ1) is 14.5. The molecule has 0 fully saturated rings. The van der Waals surface area contributed by atoms with Crippen LogP contribution in [0, 0.1) is 0 Å². The van der Waals surface area contributed by atoms with Gasteiger partial charge in [0.1, 0.15) is 5.58 Å². The predicted octanol–water partition coefficient (Wildman–Crippen LogP) is 3.72. The molecule has 2 aromatic carbocycles. The molecule has 0 unspecified atom stereocenters. The van der Waals surface area contributed by atoms with Gasteiger partial charge in [0.15, 0.2) is 0 Å². The number of nitrogens with zero attached hydrogens (tertiary/aromatic N) is 4. The van der Waals surface area contributed by atoms with E-state index >= 15 is 0 Å². The summed E-state index contributed by atoms with van der Waals surface area (Å²) < 4.78 is 10.1. The van der Waals surface area contributed by atoms with Crippen molar-refractivity contribution in [3.63, 3.8) is 0 Å². The Morgan fingerprint density at radius 1 is 1.20 bits per heavy atom. The van der Waals surface area contributed by atoms with Crippen LogP contribution in [0.1, 0.15) is 12.5 Å². The Hall–Kier alpha value is -3.72. The van der Waals surface area contributed by atoms with Gasteiger partial charge < -0.3 is 9.15 Å². The molecule has 0 aliphatic carbocycles. The van der Waals surface area contributed by atoms with E-state index in [0.29, 0.717) is 33.1 Å². The second-order valence-electron chi connectivity index (χ2n) is 6.30. The number of halogens is 1. The van der Waals surface area contributed by atoms with Crippen LogP contribution in [0.15, 0.2) is 57.7 Å². The molecule has 0 aliphatic rings. The second-order valence-corrected chi connectivity index (χ2v) is 6.73. The van der Waals surface area contributed by atoms with Crippen LogP contribution in [-0.2, 0) is 11.3 Å². The first-order valence-electron chi connectivity index (χ1n) is 9.06. The average Bonchev–Trinajstić information content (AvgIpc) is 3.17. The quantitative estimate of drug-likeness (QED) is 0.485. The Balaban J connectivity index is 1.62. The number of hydrogen-bond acceptors (Lipinski definition) is 7. The van der Waals surface area contributed by atoms with Gasteiger partial charge in [-0.15, -0.1) is 10.2 Å². The van der Waals surface area contributed by atoms with Crippen molar-refractivity contribution in [1.82, 2.24) is 20.2 Å². The van der Waals surface area contributed by atoms with E-state index in [1.807, 2.05) is 0 Å². The molecular formula is C20H16ClN5O4. The van der Waals surface area contributed by atoms with E-state index in [2.05, 4.69) is 20.7 Å². The normalized spacial score (nSPS) is 10.9. The number of benzene rings is 2. The second kappa shape index (κ2) is 8.34. The molecule has 4 aromatic rings. The summed E-state index contributed by atoms with van der Waals surface area (Å²) in [4.78, 5) is 25.0. The van der Waals surface area contributed by atoms with Gasteiger partial charge in [0.05, 0.1) is 13.2 Å². The molecule has 1 amide bonds. The summed E-state index contributed by atoms with van der Waals surface area (Å²) in [5.41, 5.74) is 1.68. The summed E-state index contributed by atoms with van der Waals surface area (Å²) in [6.45, 7) is 2.18. The minimum Gasteiger partial charge on any atom is -0.450 e. The molecule has 1 N–H and O–H groups in total. The maximum atomic E-state index is 12.0. The zero-order chi connectivity index (χ0) is 21.1. The van der Waals surface area contributed by atoms with Crippen molar-refractivity contribution < 1.29 is 13.9 Å². The lowest BCUT2D eigenvalue weighted by atomic mass is 10.1. The van der Waals surface area contributed by atoms with Crippen LogP contribution >= 0.6 is 11.6 Å². The van der Waals surface area contributed by atoms with E-state index < -0.39 is 11.7 Å². The summed E-state index contributed by atoms with van der Waals surface area (Å²) >= 11 is 5.91. The number of amides is 1. The fourth-order valence-electron chi connectivity index (χ4n) is 2.90. The molecule has 0 radical (unpaired) electrons. The number of nitrogens with one attached hydrogen (secondary N) is 1. The number of carbonyl (C=O) groups is 1. The Bertz CT molecular complexity index is 1270. The zero-order valence-electron chi connectivity index (χ0n) is 15.8. The first-order valence-corrected chi connectivity index (χ1v) is 9.44. The van der Waals surface area contributed by atoms with Gasteiger partial charge in [-0.3, -0.25) is 5.32 Å². The monoisotopic (exact) mass is 425 g/mol. The third kappa shape index (κ3) is 4.31. The maximum absolute atomic E-state index is 12.0. The van der Waals surface area contributed by atoms with Gasteiger partial charge in [-0.25, -0.2) is 9.59 Å². The maximum Gasteiger partial charge on any atom is 0.411 e. The third-order valence-electron chi connectivity index (χ3n) is 4.22. The Kier molecular flexibility index (Phi) is 5.44. The predicted molar refractivity (Wildman–Crippen MR) is 110 cm³/mol. The van der Waals surface area contributed by atoms with E-state index in [0.717, 1.165) is 5.56 Å². The van der Waals surface area contributed by atoms with Gasteiger partial charge in [0.25, 0.3) is 0 Å². The molecule has 2 heterocycles. The number of tetrazole rings is 1. The lowest BCUT2D eigenvalue weighted by Crippen LogP contribution is -2.13. The Labute approximate surface area is 175 Å². The summed E-state index contributed by atoms with van der Waals surface area (Å²) in [5.74, 6) is 0.444. The molecule has 9 nitrogen and oxygen atoms in total. The lowest BCUT2D eigenvalue weighted by Gasteiger charge is -2.08. The van der Waals surface area contributed by atoms with Crippen LogP contribution in [0.5, 0.6) is 0 Å². The van der Waals surface area contributed by atoms with Crippen molar-refractivity contribution in [2.45, 2.75) is 13.5 Å². The fraction of sp³-hybridized carbons (Fsp3) is 0.150. The third-order valence-corrected chi connectivity index (χ3v) is 4.47. The highest BCUT2D eigenvalue weighted by atomic mass is 35.5. The van der Waals surface area contributed by atoms with E-state index in [4.69, 9.17) is 20.8 Å². The molecule has 0 spiro atoms. The number of aromatic nitrogens is 4. The minimum absolute atomic E-state index is 0.216. The molecule has 0 saturated carbocycles. The van der Waals surface area contributed by atoms with Crippen LogP contribution in [0.3, 0.4) is 0 Å².